The second-order valence-electron chi connectivity index (χ2n) is 2.45. The first-order valence-corrected chi connectivity index (χ1v) is 3.24. The minimum Gasteiger partial charge on any atom is -0.394 e. The van der Waals surface area contributed by atoms with Gasteiger partial charge in [0.15, 0.2) is 0 Å². The maximum Gasteiger partial charge on any atom is 0.239 e. The van der Waals surface area contributed by atoms with Crippen molar-refractivity contribution in [3.05, 3.63) is 0 Å². The first-order valence-electron chi connectivity index (χ1n) is 3.24. The number of carbonyl (C=O) groups is 1. The molecule has 0 aliphatic rings. The summed E-state index contributed by atoms with van der Waals surface area (Å²) in [6, 6.07) is -0.715. The summed E-state index contributed by atoms with van der Waals surface area (Å²) in [7, 11) is 0. The second-order valence-corrected chi connectivity index (χ2v) is 2.45. The first kappa shape index (κ1) is 13.3. The summed E-state index contributed by atoms with van der Waals surface area (Å²) >= 11 is 0. The van der Waals surface area contributed by atoms with Crippen molar-refractivity contribution in [3.63, 3.8) is 0 Å². The van der Waals surface area contributed by atoms with Crippen LogP contribution in [0.4, 0.5) is 0 Å². The Kier molecular flexibility index (Phi) is 7.72. The lowest BCUT2D eigenvalue weighted by Crippen LogP contribution is -2.45. The van der Waals surface area contributed by atoms with Crippen molar-refractivity contribution < 1.29 is 9.90 Å². The smallest absolute Gasteiger partial charge is 0.239 e. The van der Waals surface area contributed by atoms with Gasteiger partial charge in [0.2, 0.25) is 5.91 Å². The zero-order valence-corrected chi connectivity index (χ0v) is 7.52. The molecule has 4 N–H and O–H groups in total. The van der Waals surface area contributed by atoms with Gasteiger partial charge in [-0.3, -0.25) is 4.79 Å². The van der Waals surface area contributed by atoms with Gasteiger partial charge in [0.25, 0.3) is 0 Å². The van der Waals surface area contributed by atoms with E-state index < -0.39 is 6.04 Å². The van der Waals surface area contributed by atoms with Crippen LogP contribution in [0.15, 0.2) is 0 Å². The molecule has 4 nitrogen and oxygen atoms in total. The average Bonchev–Trinajstić information content (AvgIpc) is 1.85. The van der Waals surface area contributed by atoms with E-state index in [1.165, 1.54) is 0 Å². The molecule has 0 heterocycles. The molecule has 0 aromatic rings. The van der Waals surface area contributed by atoms with Crippen LogP contribution < -0.4 is 11.1 Å². The lowest BCUT2D eigenvalue weighted by molar-refractivity contribution is -0.123. The standard InChI is InChI=1S/C6H14N2O2.ClH/c1-4(2)8-6(10)5(7)3-9;/h4-5,9H,3,7H2,1-2H3,(H,8,10);1H. The molecule has 0 fully saturated rings. The normalized spacial score (nSPS) is 12.1. The lowest BCUT2D eigenvalue weighted by atomic mass is 10.3. The SMILES string of the molecule is CC(C)NC(=O)C(N)CO.Cl. The molecule has 11 heavy (non-hydrogen) atoms. The van der Waals surface area contributed by atoms with Crippen LogP contribution in [0, 0.1) is 0 Å². The Bertz CT molecular complexity index is 119. The summed E-state index contributed by atoms with van der Waals surface area (Å²) in [5, 5.41) is 11.0. The molecular weight excluding hydrogens is 168 g/mol. The monoisotopic (exact) mass is 182 g/mol. The molecule has 0 saturated heterocycles. The Labute approximate surface area is 72.6 Å². The predicted molar refractivity (Wildman–Crippen MR) is 45.6 cm³/mol. The molecule has 68 valence electrons. The molecule has 0 aliphatic carbocycles. The molecule has 1 amide bonds. The fourth-order valence-electron chi connectivity index (χ4n) is 0.474. The molecule has 0 rings (SSSR count). The number of amides is 1. The number of nitrogens with one attached hydrogen (secondary N) is 1. The molecule has 0 aliphatic heterocycles. The summed E-state index contributed by atoms with van der Waals surface area (Å²) in [5.74, 6) is -0.308. The van der Waals surface area contributed by atoms with Crippen LogP contribution in [0.25, 0.3) is 0 Å². The van der Waals surface area contributed by atoms with Gasteiger partial charge in [-0.25, -0.2) is 0 Å². The van der Waals surface area contributed by atoms with E-state index in [0.717, 1.165) is 0 Å². The number of nitrogens with two attached hydrogens (primary N) is 1. The van der Waals surface area contributed by atoms with Gasteiger partial charge >= 0.3 is 0 Å². The van der Waals surface area contributed by atoms with E-state index in [0.29, 0.717) is 0 Å². The van der Waals surface area contributed by atoms with Crippen LogP contribution in [0.5, 0.6) is 0 Å². The lowest BCUT2D eigenvalue weighted by Gasteiger charge is -2.11. The van der Waals surface area contributed by atoms with E-state index in [4.69, 9.17) is 10.8 Å². The molecule has 5 heteroatoms. The molecule has 1 atom stereocenters. The highest BCUT2D eigenvalue weighted by atomic mass is 35.5. The van der Waals surface area contributed by atoms with Crippen LogP contribution in [0.1, 0.15) is 13.8 Å². The molecule has 0 spiro atoms. The van der Waals surface area contributed by atoms with Gasteiger partial charge in [0.1, 0.15) is 6.04 Å². The van der Waals surface area contributed by atoms with Crippen molar-refractivity contribution in [2.75, 3.05) is 6.61 Å². The van der Waals surface area contributed by atoms with Crippen LogP contribution in [0.2, 0.25) is 0 Å². The van der Waals surface area contributed by atoms with Gasteiger partial charge in [-0.15, -0.1) is 12.4 Å². The van der Waals surface area contributed by atoms with E-state index in [-0.39, 0.29) is 31.0 Å². The van der Waals surface area contributed by atoms with Crippen molar-refractivity contribution in [2.24, 2.45) is 5.73 Å². The fourth-order valence-corrected chi connectivity index (χ4v) is 0.474. The summed E-state index contributed by atoms with van der Waals surface area (Å²) in [5.41, 5.74) is 5.20. The van der Waals surface area contributed by atoms with Gasteiger partial charge in [-0.05, 0) is 13.8 Å². The Morgan fingerprint density at radius 3 is 2.36 bits per heavy atom. The van der Waals surface area contributed by atoms with Gasteiger partial charge in [0, 0.05) is 6.04 Å². The highest BCUT2D eigenvalue weighted by Gasteiger charge is 2.11. The van der Waals surface area contributed by atoms with Crippen molar-refractivity contribution in [1.29, 1.82) is 0 Å². The number of aliphatic hydroxyl groups excluding tert-OH is 1. The third-order valence-electron chi connectivity index (χ3n) is 0.964. The number of aliphatic hydroxyl groups is 1. The van der Waals surface area contributed by atoms with Gasteiger partial charge in [-0.1, -0.05) is 0 Å². The fraction of sp³-hybridized carbons (Fsp3) is 0.833. The highest BCUT2D eigenvalue weighted by molar-refractivity contribution is 5.85. The van der Waals surface area contributed by atoms with E-state index in [9.17, 15) is 4.79 Å². The van der Waals surface area contributed by atoms with Crippen LogP contribution in [-0.4, -0.2) is 29.7 Å². The maximum atomic E-state index is 10.8. The molecule has 0 radical (unpaired) electrons. The minimum atomic E-state index is -0.789. The van der Waals surface area contributed by atoms with Crippen molar-refractivity contribution in [2.45, 2.75) is 25.9 Å². The Hall–Kier alpha value is -0.320. The summed E-state index contributed by atoms with van der Waals surface area (Å²) in [6.07, 6.45) is 0. The Morgan fingerprint density at radius 1 is 1.64 bits per heavy atom. The zero-order valence-electron chi connectivity index (χ0n) is 6.70. The van der Waals surface area contributed by atoms with Crippen LogP contribution >= 0.6 is 12.4 Å². The molecular formula is C6H15ClN2O2. The topological polar surface area (TPSA) is 75.4 Å². The van der Waals surface area contributed by atoms with Crippen molar-refractivity contribution >= 4 is 18.3 Å². The molecule has 0 aromatic carbocycles. The summed E-state index contributed by atoms with van der Waals surface area (Å²) < 4.78 is 0. The number of hydrogen-bond donors (Lipinski definition) is 3. The van der Waals surface area contributed by atoms with E-state index in [1.807, 2.05) is 13.8 Å². The quantitative estimate of drug-likeness (QED) is 0.538. The second kappa shape index (κ2) is 6.39. The molecule has 0 saturated carbocycles. The van der Waals surface area contributed by atoms with Gasteiger partial charge in [0.05, 0.1) is 6.61 Å². The van der Waals surface area contributed by atoms with E-state index in [2.05, 4.69) is 5.32 Å². The maximum absolute atomic E-state index is 10.8. The third-order valence-corrected chi connectivity index (χ3v) is 0.964. The van der Waals surface area contributed by atoms with Gasteiger partial charge < -0.3 is 16.2 Å². The largest absolute Gasteiger partial charge is 0.394 e. The zero-order chi connectivity index (χ0) is 8.15. The third kappa shape index (κ3) is 6.09. The van der Waals surface area contributed by atoms with E-state index >= 15 is 0 Å². The summed E-state index contributed by atoms with van der Waals surface area (Å²) in [6.45, 7) is 3.36. The van der Waals surface area contributed by atoms with Crippen molar-refractivity contribution in [1.82, 2.24) is 5.32 Å². The minimum absolute atomic E-state index is 0. The molecule has 0 bridgehead atoms. The average molecular weight is 183 g/mol. The Morgan fingerprint density at radius 2 is 2.09 bits per heavy atom. The number of hydrogen-bond acceptors (Lipinski definition) is 3. The molecule has 1 unspecified atom stereocenters. The predicted octanol–water partition coefficient (Wildman–Crippen LogP) is -0.748. The van der Waals surface area contributed by atoms with Crippen molar-refractivity contribution in [3.8, 4) is 0 Å². The number of rotatable bonds is 3. The van der Waals surface area contributed by atoms with Crippen LogP contribution in [-0.2, 0) is 4.79 Å². The summed E-state index contributed by atoms with van der Waals surface area (Å²) in [4.78, 5) is 10.8. The highest BCUT2D eigenvalue weighted by Crippen LogP contribution is 1.80. The van der Waals surface area contributed by atoms with Gasteiger partial charge in [-0.2, -0.15) is 0 Å². The van der Waals surface area contributed by atoms with E-state index in [1.54, 1.807) is 0 Å². The molecule has 0 aromatic heterocycles. The first-order chi connectivity index (χ1) is 4.57. The van der Waals surface area contributed by atoms with Crippen LogP contribution in [0.3, 0.4) is 0 Å². The number of halogens is 1. The Balaban J connectivity index is 0. The number of carbonyl (C=O) groups excluding carboxylic acids is 1.